The first-order valence-corrected chi connectivity index (χ1v) is 4.77. The Morgan fingerprint density at radius 3 is 2.88 bits per heavy atom. The highest BCUT2D eigenvalue weighted by Crippen LogP contribution is 2.21. The minimum atomic E-state index is -0.674. The van der Waals surface area contributed by atoms with Crippen molar-refractivity contribution < 1.29 is 14.5 Å². The van der Waals surface area contributed by atoms with Crippen molar-refractivity contribution in [2.45, 2.75) is 6.92 Å². The fraction of sp³-hybridized carbons (Fsp3) is 0.182. The van der Waals surface area contributed by atoms with E-state index in [0.29, 0.717) is 5.56 Å². The Balaban J connectivity index is 2.97. The molecule has 1 aromatic carbocycles. The van der Waals surface area contributed by atoms with Crippen LogP contribution < -0.4 is 5.73 Å². The van der Waals surface area contributed by atoms with Gasteiger partial charge in [-0.3, -0.25) is 10.1 Å². The van der Waals surface area contributed by atoms with E-state index in [1.807, 2.05) is 0 Å². The Kier molecular flexibility index (Phi) is 4.06. The van der Waals surface area contributed by atoms with Gasteiger partial charge in [0.1, 0.15) is 5.69 Å². The van der Waals surface area contributed by atoms with Gasteiger partial charge in [0.2, 0.25) is 0 Å². The number of nitrogens with two attached hydrogens (primary N) is 1. The van der Waals surface area contributed by atoms with E-state index in [2.05, 4.69) is 16.6 Å². The third-order valence-corrected chi connectivity index (χ3v) is 1.81. The zero-order valence-electron chi connectivity index (χ0n) is 9.10. The molecule has 0 heterocycles. The van der Waals surface area contributed by atoms with Crippen molar-refractivity contribution >= 4 is 17.3 Å². The molecule has 0 fully saturated rings. The predicted octanol–water partition coefficient (Wildman–Crippen LogP) is 1.09. The number of carbonyl (C=O) groups is 1. The Bertz CT molecular complexity index is 514. The van der Waals surface area contributed by atoms with Crippen LogP contribution in [0.4, 0.5) is 11.4 Å². The highest BCUT2D eigenvalue weighted by atomic mass is 16.6. The molecule has 0 amide bonds. The lowest BCUT2D eigenvalue weighted by Crippen LogP contribution is -2.00. The molecule has 0 radical (unpaired) electrons. The second-order valence-electron chi connectivity index (χ2n) is 3.00. The third-order valence-electron chi connectivity index (χ3n) is 1.81. The lowest BCUT2D eigenvalue weighted by molar-refractivity contribution is -0.383. The van der Waals surface area contributed by atoms with Gasteiger partial charge in [0.25, 0.3) is 5.69 Å². The fourth-order valence-electron chi connectivity index (χ4n) is 1.07. The van der Waals surface area contributed by atoms with Crippen LogP contribution in [-0.4, -0.2) is 17.5 Å². The summed E-state index contributed by atoms with van der Waals surface area (Å²) in [6, 6.07) is 4.07. The molecular weight excluding hydrogens is 224 g/mol. The molecular formula is C11H10N2O4. The summed E-state index contributed by atoms with van der Waals surface area (Å²) in [7, 11) is 0. The van der Waals surface area contributed by atoms with Gasteiger partial charge in [0.05, 0.1) is 11.5 Å². The van der Waals surface area contributed by atoms with Crippen molar-refractivity contribution in [1.29, 1.82) is 0 Å². The van der Waals surface area contributed by atoms with Crippen LogP contribution in [0.1, 0.15) is 12.5 Å². The van der Waals surface area contributed by atoms with Crippen molar-refractivity contribution in [2.75, 3.05) is 12.3 Å². The van der Waals surface area contributed by atoms with Crippen LogP contribution in [0.5, 0.6) is 0 Å². The van der Waals surface area contributed by atoms with Crippen molar-refractivity contribution in [2.24, 2.45) is 0 Å². The molecule has 6 heteroatoms. The number of ether oxygens (including phenoxy) is 1. The molecule has 6 nitrogen and oxygen atoms in total. The molecule has 1 rings (SSSR count). The van der Waals surface area contributed by atoms with Gasteiger partial charge in [-0.15, -0.1) is 0 Å². The molecule has 0 bridgehead atoms. The number of hydrogen-bond donors (Lipinski definition) is 1. The molecule has 1 aromatic rings. The van der Waals surface area contributed by atoms with Gasteiger partial charge in [-0.05, 0) is 19.1 Å². The van der Waals surface area contributed by atoms with Crippen molar-refractivity contribution in [3.63, 3.8) is 0 Å². The first kappa shape index (κ1) is 12.5. The van der Waals surface area contributed by atoms with Crippen LogP contribution in [0.25, 0.3) is 0 Å². The molecule has 0 unspecified atom stereocenters. The number of hydrogen-bond acceptors (Lipinski definition) is 5. The summed E-state index contributed by atoms with van der Waals surface area (Å²) < 4.78 is 4.59. The van der Waals surface area contributed by atoms with Crippen molar-refractivity contribution in [1.82, 2.24) is 0 Å². The standard InChI is InChI=1S/C11H10N2O4/c1-2-17-11(14)6-4-8-3-5-9(12)10(7-8)13(15)16/h3,5,7H,2,12H2,1H3. The van der Waals surface area contributed by atoms with E-state index in [4.69, 9.17) is 5.73 Å². The monoisotopic (exact) mass is 234 g/mol. The van der Waals surface area contributed by atoms with Gasteiger partial charge in [0, 0.05) is 17.6 Å². The molecule has 0 atom stereocenters. The smallest absolute Gasteiger partial charge is 0.384 e. The van der Waals surface area contributed by atoms with Crippen LogP contribution in [0.3, 0.4) is 0 Å². The van der Waals surface area contributed by atoms with Gasteiger partial charge in [-0.1, -0.05) is 5.92 Å². The normalized spacial score (nSPS) is 9.00. The number of rotatable bonds is 2. The highest BCUT2D eigenvalue weighted by Gasteiger charge is 2.10. The molecule has 0 aliphatic heterocycles. The van der Waals surface area contributed by atoms with E-state index in [9.17, 15) is 14.9 Å². The molecule has 0 saturated heterocycles. The number of anilines is 1. The first-order chi connectivity index (χ1) is 8.04. The predicted molar refractivity (Wildman–Crippen MR) is 61.0 cm³/mol. The van der Waals surface area contributed by atoms with E-state index in [1.165, 1.54) is 18.2 Å². The Labute approximate surface area is 97.5 Å². The lowest BCUT2D eigenvalue weighted by atomic mass is 10.2. The third kappa shape index (κ3) is 3.50. The minimum Gasteiger partial charge on any atom is -0.456 e. The summed E-state index contributed by atoms with van der Waals surface area (Å²) in [6.07, 6.45) is 0. The summed E-state index contributed by atoms with van der Waals surface area (Å²) in [6.45, 7) is 1.89. The Morgan fingerprint density at radius 2 is 2.29 bits per heavy atom. The molecule has 2 N–H and O–H groups in total. The zero-order valence-corrected chi connectivity index (χ0v) is 9.10. The van der Waals surface area contributed by atoms with Gasteiger partial charge in [-0.2, -0.15) is 0 Å². The highest BCUT2D eigenvalue weighted by molar-refractivity contribution is 5.89. The minimum absolute atomic E-state index is 0.0525. The lowest BCUT2D eigenvalue weighted by Gasteiger charge is -1.96. The Hall–Kier alpha value is -2.55. The summed E-state index contributed by atoms with van der Waals surface area (Å²) in [4.78, 5) is 20.9. The largest absolute Gasteiger partial charge is 0.456 e. The maximum Gasteiger partial charge on any atom is 0.384 e. The SMILES string of the molecule is CCOC(=O)C#Cc1ccc(N)c([N+](=O)[O-])c1. The van der Waals surface area contributed by atoms with Crippen LogP contribution in [0.2, 0.25) is 0 Å². The molecule has 17 heavy (non-hydrogen) atoms. The Morgan fingerprint density at radius 1 is 1.59 bits per heavy atom. The first-order valence-electron chi connectivity index (χ1n) is 4.77. The van der Waals surface area contributed by atoms with Crippen LogP contribution in [0.15, 0.2) is 18.2 Å². The number of nitrogens with zero attached hydrogens (tertiary/aromatic N) is 1. The van der Waals surface area contributed by atoms with E-state index in [0.717, 1.165) is 0 Å². The number of esters is 1. The van der Waals surface area contributed by atoms with E-state index in [1.54, 1.807) is 6.92 Å². The van der Waals surface area contributed by atoms with Crippen molar-refractivity contribution in [3.8, 4) is 11.8 Å². The topological polar surface area (TPSA) is 95.5 Å². The molecule has 0 aliphatic carbocycles. The van der Waals surface area contributed by atoms with Crippen LogP contribution in [-0.2, 0) is 9.53 Å². The van der Waals surface area contributed by atoms with E-state index >= 15 is 0 Å². The maximum absolute atomic E-state index is 10.9. The van der Waals surface area contributed by atoms with Gasteiger partial charge < -0.3 is 10.5 Å². The molecule has 0 aromatic heterocycles. The molecule has 0 spiro atoms. The summed E-state index contributed by atoms with van der Waals surface area (Å²) in [5.41, 5.74) is 5.56. The number of benzene rings is 1. The molecule has 0 saturated carbocycles. The number of nitrogen functional groups attached to an aromatic ring is 1. The second kappa shape index (κ2) is 5.51. The average Bonchev–Trinajstić information content (AvgIpc) is 2.28. The van der Waals surface area contributed by atoms with E-state index in [-0.39, 0.29) is 18.0 Å². The maximum atomic E-state index is 10.9. The fourth-order valence-corrected chi connectivity index (χ4v) is 1.07. The molecule has 0 aliphatic rings. The number of nitro benzene ring substituents is 1. The van der Waals surface area contributed by atoms with E-state index < -0.39 is 10.9 Å². The average molecular weight is 234 g/mol. The number of carbonyl (C=O) groups excluding carboxylic acids is 1. The van der Waals surface area contributed by atoms with Crippen LogP contribution in [0, 0.1) is 22.0 Å². The molecule has 88 valence electrons. The van der Waals surface area contributed by atoms with Gasteiger partial charge in [0.15, 0.2) is 0 Å². The zero-order chi connectivity index (χ0) is 12.8. The van der Waals surface area contributed by atoms with Crippen molar-refractivity contribution in [3.05, 3.63) is 33.9 Å². The van der Waals surface area contributed by atoms with Gasteiger partial charge >= 0.3 is 5.97 Å². The summed E-state index contributed by atoms with van der Waals surface area (Å²) in [5, 5.41) is 10.6. The second-order valence-corrected chi connectivity index (χ2v) is 3.00. The van der Waals surface area contributed by atoms with Gasteiger partial charge in [-0.25, -0.2) is 4.79 Å². The van der Waals surface area contributed by atoms with Crippen LogP contribution >= 0.6 is 0 Å². The quantitative estimate of drug-likeness (QED) is 0.272. The summed E-state index contributed by atoms with van der Waals surface area (Å²) in [5.74, 6) is 4.00. The summed E-state index contributed by atoms with van der Waals surface area (Å²) >= 11 is 0. The number of nitro groups is 1.